The molecule has 1 radical (unpaired) electrons. The molecule has 1 amide bonds. The Kier molecular flexibility index (Phi) is 5.32. The van der Waals surface area contributed by atoms with Crippen LogP contribution in [0.15, 0.2) is 49.2 Å². The molecule has 10 heteroatoms. The van der Waals surface area contributed by atoms with Crippen LogP contribution in [0.25, 0.3) is 22.3 Å². The maximum absolute atomic E-state index is 14.0. The maximum Gasteiger partial charge on any atom is 0.256 e. The van der Waals surface area contributed by atoms with Crippen LogP contribution in [0.3, 0.4) is 0 Å². The Morgan fingerprint density at radius 3 is 2.60 bits per heavy atom. The molecule has 7 nitrogen and oxygen atoms in total. The normalized spacial score (nSPS) is 17.7. The van der Waals surface area contributed by atoms with Crippen molar-refractivity contribution in [3.8, 4) is 11.3 Å². The Morgan fingerprint density at radius 2 is 1.80 bits per heavy atom. The molecule has 2 saturated heterocycles. The minimum atomic E-state index is -1.61. The first-order chi connectivity index (χ1) is 17.0. The molecule has 2 aliphatic heterocycles. The lowest BCUT2D eigenvalue weighted by atomic mass is 9.97. The van der Waals surface area contributed by atoms with Gasteiger partial charge in [0.2, 0.25) is 0 Å². The highest BCUT2D eigenvalue weighted by molar-refractivity contribution is 5.94. The van der Waals surface area contributed by atoms with Crippen molar-refractivity contribution < 1.29 is 18.0 Å². The molecule has 179 valence electrons. The number of rotatable bonds is 4. The average molecular weight is 479 g/mol. The Morgan fingerprint density at radius 1 is 1.00 bits per heavy atom. The Balaban J connectivity index is 1.05. The van der Waals surface area contributed by atoms with E-state index in [9.17, 15) is 18.0 Å². The molecule has 0 atom stereocenters. The molecule has 3 aromatic heterocycles. The predicted molar refractivity (Wildman–Crippen MR) is 123 cm³/mol. The van der Waals surface area contributed by atoms with E-state index in [1.165, 1.54) is 10.9 Å². The molecule has 35 heavy (non-hydrogen) atoms. The zero-order valence-corrected chi connectivity index (χ0v) is 18.7. The van der Waals surface area contributed by atoms with Crippen LogP contribution in [-0.4, -0.2) is 67.4 Å². The number of aromatic amines is 1. The lowest BCUT2D eigenvalue weighted by Crippen LogP contribution is -2.56. The molecule has 1 aromatic carbocycles. The first-order valence-corrected chi connectivity index (χ1v) is 11.5. The number of H-pyrrole nitrogens is 1. The van der Waals surface area contributed by atoms with E-state index in [2.05, 4.69) is 30.6 Å². The molecule has 1 N–H and O–H groups in total. The number of nitrogens with one attached hydrogen (secondary N) is 1. The lowest BCUT2D eigenvalue weighted by molar-refractivity contribution is 0.0519. The zero-order valence-electron chi connectivity index (χ0n) is 18.7. The summed E-state index contributed by atoms with van der Waals surface area (Å²) < 4.78 is 42.9. The van der Waals surface area contributed by atoms with Gasteiger partial charge in [0, 0.05) is 61.8 Å². The number of halogens is 3. The summed E-state index contributed by atoms with van der Waals surface area (Å²) in [5.74, 6) is -4.94. The van der Waals surface area contributed by atoms with Crippen molar-refractivity contribution in [1.29, 1.82) is 0 Å². The summed E-state index contributed by atoms with van der Waals surface area (Å²) in [4.78, 5) is 28.3. The van der Waals surface area contributed by atoms with Gasteiger partial charge in [-0.3, -0.25) is 9.69 Å². The van der Waals surface area contributed by atoms with Gasteiger partial charge in [-0.15, -0.1) is 0 Å². The number of benzene rings is 1. The summed E-state index contributed by atoms with van der Waals surface area (Å²) in [6.45, 7) is 2.55. The largest absolute Gasteiger partial charge is 0.346 e. The highest BCUT2D eigenvalue weighted by atomic mass is 19.2. The van der Waals surface area contributed by atoms with Gasteiger partial charge in [0.25, 0.3) is 5.91 Å². The Bertz CT molecular complexity index is 1400. The summed E-state index contributed by atoms with van der Waals surface area (Å²) in [5, 5.41) is 0.982. The molecule has 4 aromatic rings. The third-order valence-corrected chi connectivity index (χ3v) is 6.99. The van der Waals surface area contributed by atoms with Crippen molar-refractivity contribution in [1.82, 2.24) is 29.3 Å². The molecule has 2 aliphatic rings. The number of aromatic nitrogens is 4. The monoisotopic (exact) mass is 479 g/mol. The summed E-state index contributed by atoms with van der Waals surface area (Å²) in [7, 11) is 0. The third kappa shape index (κ3) is 3.78. The minimum Gasteiger partial charge on any atom is -0.346 e. The molecular formula is C25H22F3N6O. The number of nitrogens with zero attached hydrogens (tertiary/aromatic N) is 5. The van der Waals surface area contributed by atoms with Crippen LogP contribution in [0.4, 0.5) is 13.2 Å². The fourth-order valence-electron chi connectivity index (χ4n) is 4.98. The maximum atomic E-state index is 14.0. The van der Waals surface area contributed by atoms with E-state index in [1.54, 1.807) is 6.33 Å². The van der Waals surface area contributed by atoms with E-state index in [4.69, 9.17) is 0 Å². The smallest absolute Gasteiger partial charge is 0.256 e. The minimum absolute atomic E-state index is 0.314. The number of hydrogen-bond donors (Lipinski definition) is 1. The van der Waals surface area contributed by atoms with Gasteiger partial charge >= 0.3 is 0 Å². The highest BCUT2D eigenvalue weighted by Crippen LogP contribution is 2.31. The number of likely N-dealkylation sites (tertiary alicyclic amines) is 2. The predicted octanol–water partition coefficient (Wildman–Crippen LogP) is 3.84. The SMILES string of the molecule is O=C(c1ccc(F)c(F)c1F)N1CCC(N2C[C](n3ccc(-c4ncnc5[nH]ccc45)c3)C2)CC1. The van der Waals surface area contributed by atoms with E-state index in [0.29, 0.717) is 19.1 Å². The Hall–Kier alpha value is -3.66. The average Bonchev–Trinajstić information content (AvgIpc) is 3.52. The van der Waals surface area contributed by atoms with Crippen molar-refractivity contribution in [2.24, 2.45) is 0 Å². The van der Waals surface area contributed by atoms with Gasteiger partial charge in [-0.1, -0.05) is 0 Å². The number of carbonyl (C=O) groups excluding carboxylic acids is 1. The molecule has 0 saturated carbocycles. The van der Waals surface area contributed by atoms with Gasteiger partial charge < -0.3 is 14.5 Å². The van der Waals surface area contributed by atoms with Crippen molar-refractivity contribution in [2.45, 2.75) is 18.9 Å². The molecule has 2 fully saturated rings. The van der Waals surface area contributed by atoms with Gasteiger partial charge in [-0.2, -0.15) is 0 Å². The van der Waals surface area contributed by atoms with E-state index in [1.807, 2.05) is 24.5 Å². The molecule has 0 unspecified atom stereocenters. The number of carbonyl (C=O) groups is 1. The third-order valence-electron chi connectivity index (χ3n) is 6.99. The van der Waals surface area contributed by atoms with E-state index < -0.39 is 28.9 Å². The van der Waals surface area contributed by atoms with Crippen LogP contribution in [0, 0.1) is 23.5 Å². The van der Waals surface area contributed by atoms with Crippen molar-refractivity contribution in [2.75, 3.05) is 26.2 Å². The molecule has 0 bridgehead atoms. The fourth-order valence-corrected chi connectivity index (χ4v) is 4.98. The Labute approximate surface area is 199 Å². The van der Waals surface area contributed by atoms with Crippen LogP contribution >= 0.6 is 0 Å². The second-order valence-electron chi connectivity index (χ2n) is 8.99. The van der Waals surface area contributed by atoms with Gasteiger partial charge in [-0.05, 0) is 37.1 Å². The van der Waals surface area contributed by atoms with Crippen LogP contribution in [-0.2, 0) is 0 Å². The first-order valence-electron chi connectivity index (χ1n) is 11.5. The van der Waals surface area contributed by atoms with Crippen LogP contribution in [0.2, 0.25) is 0 Å². The second-order valence-corrected chi connectivity index (χ2v) is 8.99. The molecule has 5 heterocycles. The summed E-state index contributed by atoms with van der Waals surface area (Å²) in [6, 6.07) is 7.40. The van der Waals surface area contributed by atoms with Crippen molar-refractivity contribution in [3.05, 3.63) is 78.2 Å². The fraction of sp³-hybridized carbons (Fsp3) is 0.280. The van der Waals surface area contributed by atoms with E-state index in [-0.39, 0.29) is 0 Å². The molecule has 0 spiro atoms. The molecular weight excluding hydrogens is 457 g/mol. The zero-order chi connectivity index (χ0) is 24.1. The van der Waals surface area contributed by atoms with Gasteiger partial charge in [0.15, 0.2) is 17.5 Å². The van der Waals surface area contributed by atoms with Crippen LogP contribution in [0.1, 0.15) is 23.2 Å². The lowest BCUT2D eigenvalue weighted by Gasteiger charge is -2.47. The number of fused-ring (bicyclic) bond motifs is 1. The summed E-state index contributed by atoms with van der Waals surface area (Å²) >= 11 is 0. The number of hydrogen-bond acceptors (Lipinski definition) is 4. The van der Waals surface area contributed by atoms with E-state index in [0.717, 1.165) is 60.4 Å². The summed E-state index contributed by atoms with van der Waals surface area (Å²) in [6.07, 6.45) is 9.02. The van der Waals surface area contributed by atoms with Crippen molar-refractivity contribution >= 4 is 16.9 Å². The highest BCUT2D eigenvalue weighted by Gasteiger charge is 2.37. The van der Waals surface area contributed by atoms with Crippen LogP contribution in [0.5, 0.6) is 0 Å². The topological polar surface area (TPSA) is 70.1 Å². The second kappa shape index (κ2) is 8.53. The quantitative estimate of drug-likeness (QED) is 0.452. The van der Waals surface area contributed by atoms with Crippen molar-refractivity contribution in [3.63, 3.8) is 0 Å². The summed E-state index contributed by atoms with van der Waals surface area (Å²) in [5.41, 5.74) is 2.30. The number of piperidine rings is 1. The molecule has 6 rings (SSSR count). The van der Waals surface area contributed by atoms with Gasteiger partial charge in [0.05, 0.1) is 17.3 Å². The molecule has 0 aliphatic carbocycles. The van der Waals surface area contributed by atoms with Crippen LogP contribution < -0.4 is 0 Å². The first kappa shape index (κ1) is 21.8. The van der Waals surface area contributed by atoms with Gasteiger partial charge in [0.1, 0.15) is 12.0 Å². The van der Waals surface area contributed by atoms with E-state index >= 15 is 0 Å². The standard InChI is InChI=1S/C25H22F3N6O/c26-20-2-1-18(21(27)22(20)28)25(35)32-9-5-16(6-10-32)34-12-17(13-34)33-8-4-15(11-33)23-19-3-7-29-24(19)31-14-30-23/h1-4,7-8,11,14,16H,5-6,9-10,12-13H2,(H,29,30,31). The van der Waals surface area contributed by atoms with Gasteiger partial charge in [-0.25, -0.2) is 23.1 Å². The number of amides is 1.